The molecule has 3 unspecified atom stereocenters. The maximum absolute atomic E-state index is 12.7. The van der Waals surface area contributed by atoms with Crippen LogP contribution in [0.15, 0.2) is 24.3 Å². The number of benzene rings is 1. The average molecular weight is 839 g/mol. The number of amides is 1. The van der Waals surface area contributed by atoms with Crippen molar-refractivity contribution in [2.75, 3.05) is 54.1 Å². The van der Waals surface area contributed by atoms with Gasteiger partial charge in [0.2, 0.25) is 5.91 Å². The van der Waals surface area contributed by atoms with E-state index in [4.69, 9.17) is 18.5 Å². The number of ether oxygens (including phenoxy) is 2. The third-order valence-corrected chi connectivity index (χ3v) is 11.2. The lowest BCUT2D eigenvalue weighted by Crippen LogP contribution is -2.37. The fourth-order valence-electron chi connectivity index (χ4n) is 6.58. The number of esters is 2. The molecule has 1 amide bonds. The molecule has 58 heavy (non-hydrogen) atoms. The molecule has 1 N–H and O–H groups in total. The van der Waals surface area contributed by atoms with Gasteiger partial charge in [0.1, 0.15) is 19.8 Å². The third-order valence-electron chi connectivity index (χ3n) is 10.3. The van der Waals surface area contributed by atoms with E-state index in [0.29, 0.717) is 36.3 Å². The number of likely N-dealkylation sites (N-methyl/N-ethyl adjacent to an activating group) is 1. The molecular formula is C46H83N2O9P. The molecule has 0 fully saturated rings. The number of nitrogens with zero attached hydrogens (tertiary/aromatic N) is 1. The Balaban J connectivity index is 2.38. The Morgan fingerprint density at radius 2 is 1.19 bits per heavy atom. The van der Waals surface area contributed by atoms with E-state index in [2.05, 4.69) is 38.2 Å². The van der Waals surface area contributed by atoms with Crippen molar-refractivity contribution >= 4 is 25.7 Å². The molecule has 0 aliphatic heterocycles. The second-order valence-corrected chi connectivity index (χ2v) is 19.0. The number of phosphoric acid groups is 1. The second-order valence-electron chi connectivity index (χ2n) is 17.6. The average Bonchev–Trinajstić information content (AvgIpc) is 3.16. The predicted octanol–water partition coefficient (Wildman–Crippen LogP) is 9.98. The summed E-state index contributed by atoms with van der Waals surface area (Å²) in [5, 5.41) is 3.02. The molecule has 0 aliphatic carbocycles. The van der Waals surface area contributed by atoms with Crippen LogP contribution in [0, 0.1) is 5.92 Å². The highest BCUT2D eigenvalue weighted by Gasteiger charge is 2.22. The zero-order valence-electron chi connectivity index (χ0n) is 37.7. The van der Waals surface area contributed by atoms with Gasteiger partial charge in [-0.2, -0.15) is 0 Å². The highest BCUT2D eigenvalue weighted by atomic mass is 31.2. The Morgan fingerprint density at radius 3 is 1.71 bits per heavy atom. The largest absolute Gasteiger partial charge is 0.756 e. The first kappa shape index (κ1) is 53.7. The maximum Gasteiger partial charge on any atom is 0.306 e. The summed E-state index contributed by atoms with van der Waals surface area (Å²) in [6.07, 6.45) is 21.7. The van der Waals surface area contributed by atoms with E-state index in [0.717, 1.165) is 50.5 Å². The second kappa shape index (κ2) is 32.5. The van der Waals surface area contributed by atoms with Crippen LogP contribution in [0.1, 0.15) is 180 Å². The Morgan fingerprint density at radius 1 is 0.690 bits per heavy atom. The van der Waals surface area contributed by atoms with E-state index in [-0.39, 0.29) is 37.9 Å². The van der Waals surface area contributed by atoms with Crippen molar-refractivity contribution in [3.05, 3.63) is 35.4 Å². The highest BCUT2D eigenvalue weighted by molar-refractivity contribution is 7.45. The van der Waals surface area contributed by atoms with Gasteiger partial charge in [-0.15, -0.1) is 0 Å². The van der Waals surface area contributed by atoms with Crippen molar-refractivity contribution in [1.82, 2.24) is 5.32 Å². The molecule has 1 aromatic carbocycles. The molecule has 336 valence electrons. The van der Waals surface area contributed by atoms with E-state index in [1.807, 2.05) is 40.2 Å². The maximum atomic E-state index is 12.7. The molecule has 1 aromatic rings. The molecule has 0 aromatic heterocycles. The number of phosphoric ester groups is 1. The van der Waals surface area contributed by atoms with Gasteiger partial charge in [0.25, 0.3) is 7.82 Å². The Kier molecular flexibility index (Phi) is 30.1. The van der Waals surface area contributed by atoms with Crippen LogP contribution in [0.5, 0.6) is 0 Å². The van der Waals surface area contributed by atoms with Gasteiger partial charge in [-0.05, 0) is 49.7 Å². The minimum absolute atomic E-state index is 0.00893. The van der Waals surface area contributed by atoms with Crippen LogP contribution in [0.4, 0.5) is 0 Å². The van der Waals surface area contributed by atoms with Gasteiger partial charge in [-0.25, -0.2) is 0 Å². The summed E-state index contributed by atoms with van der Waals surface area (Å²) < 4.78 is 33.9. The fraction of sp³-hybridized carbons (Fsp3) is 0.804. The number of carbonyl (C=O) groups is 3. The van der Waals surface area contributed by atoms with Crippen LogP contribution in [0.2, 0.25) is 0 Å². The predicted molar refractivity (Wildman–Crippen MR) is 232 cm³/mol. The van der Waals surface area contributed by atoms with E-state index in [1.54, 1.807) is 0 Å². The van der Waals surface area contributed by atoms with Crippen molar-refractivity contribution in [1.29, 1.82) is 0 Å². The SMILES string of the molecule is CCCCCCCCCCCCCCCCCC(=O)OCC(COP(=O)([O-])OCC[N+](C)(C)C)OC(=O)CCCCCCNC(=O)C(C)c1ccc(CC(C)C)cc1. The molecule has 0 saturated carbocycles. The van der Waals surface area contributed by atoms with Crippen molar-refractivity contribution in [2.45, 2.75) is 181 Å². The van der Waals surface area contributed by atoms with Crippen LogP contribution in [0.3, 0.4) is 0 Å². The standard InChI is InChI=1S/C46H83N2O9P/c1-8-9-10-11-12-13-14-15-16-17-18-19-20-21-24-27-44(49)54-37-43(38-56-58(52,53)55-35-34-48(5,6)7)57-45(50)28-25-22-23-26-33-47-46(51)40(4)42-31-29-41(30-32-42)36-39(2)3/h29-32,39-40,43H,8-28,33-38H2,1-7H3,(H-,47,51,52,53). The number of hydrogen-bond acceptors (Lipinski definition) is 9. The summed E-state index contributed by atoms with van der Waals surface area (Å²) in [5.74, 6) is -0.608. The number of rotatable bonds is 37. The van der Waals surface area contributed by atoms with Crippen molar-refractivity contribution in [3.8, 4) is 0 Å². The van der Waals surface area contributed by atoms with Gasteiger partial charge in [0.15, 0.2) is 6.10 Å². The smallest absolute Gasteiger partial charge is 0.306 e. The topological polar surface area (TPSA) is 140 Å². The summed E-state index contributed by atoms with van der Waals surface area (Å²) in [5.41, 5.74) is 2.26. The first-order chi connectivity index (χ1) is 27.6. The van der Waals surface area contributed by atoms with Crippen LogP contribution in [-0.2, 0) is 43.9 Å². The molecule has 11 nitrogen and oxygen atoms in total. The first-order valence-electron chi connectivity index (χ1n) is 22.7. The van der Waals surface area contributed by atoms with Crippen LogP contribution < -0.4 is 10.2 Å². The fourth-order valence-corrected chi connectivity index (χ4v) is 7.30. The van der Waals surface area contributed by atoms with E-state index >= 15 is 0 Å². The molecular weight excluding hydrogens is 755 g/mol. The monoisotopic (exact) mass is 839 g/mol. The zero-order chi connectivity index (χ0) is 43.1. The molecule has 0 spiro atoms. The summed E-state index contributed by atoms with van der Waals surface area (Å²) >= 11 is 0. The Bertz CT molecular complexity index is 1270. The van der Waals surface area contributed by atoms with Gasteiger partial charge < -0.3 is 33.2 Å². The summed E-state index contributed by atoms with van der Waals surface area (Å²) in [6.45, 7) is 8.67. The summed E-state index contributed by atoms with van der Waals surface area (Å²) in [7, 11) is 1.07. The van der Waals surface area contributed by atoms with Gasteiger partial charge in [-0.1, -0.05) is 148 Å². The van der Waals surface area contributed by atoms with Gasteiger partial charge in [0.05, 0.1) is 33.7 Å². The molecule has 3 atom stereocenters. The lowest BCUT2D eigenvalue weighted by atomic mass is 9.96. The number of unbranched alkanes of at least 4 members (excludes halogenated alkanes) is 17. The molecule has 0 heterocycles. The minimum atomic E-state index is -4.67. The summed E-state index contributed by atoms with van der Waals surface area (Å²) in [6, 6.07) is 8.26. The molecule has 1 rings (SSSR count). The van der Waals surface area contributed by atoms with E-state index in [1.165, 1.54) is 76.2 Å². The molecule has 0 saturated heterocycles. The first-order valence-corrected chi connectivity index (χ1v) is 24.2. The van der Waals surface area contributed by atoms with E-state index < -0.39 is 32.5 Å². The lowest BCUT2D eigenvalue weighted by molar-refractivity contribution is -0.870. The van der Waals surface area contributed by atoms with Gasteiger partial charge >= 0.3 is 11.9 Å². The molecule has 0 aliphatic rings. The third kappa shape index (κ3) is 30.7. The molecule has 0 radical (unpaired) electrons. The number of quaternary nitrogens is 1. The normalized spacial score (nSPS) is 13.9. The number of nitrogens with one attached hydrogen (secondary N) is 1. The van der Waals surface area contributed by atoms with E-state index in [9.17, 15) is 23.8 Å². The van der Waals surface area contributed by atoms with Crippen molar-refractivity contribution in [2.24, 2.45) is 5.92 Å². The van der Waals surface area contributed by atoms with Gasteiger partial charge in [0, 0.05) is 19.4 Å². The quantitative estimate of drug-likeness (QED) is 0.0300. The Labute approximate surface area is 353 Å². The molecule has 0 bridgehead atoms. The number of hydrogen-bond donors (Lipinski definition) is 1. The van der Waals surface area contributed by atoms with Crippen molar-refractivity contribution < 1.29 is 46.8 Å². The number of carbonyl (C=O) groups excluding carboxylic acids is 3. The Hall–Kier alpha value is -2.30. The summed E-state index contributed by atoms with van der Waals surface area (Å²) in [4.78, 5) is 50.4. The lowest BCUT2D eigenvalue weighted by Gasteiger charge is -2.28. The van der Waals surface area contributed by atoms with Crippen LogP contribution in [-0.4, -0.2) is 82.5 Å². The van der Waals surface area contributed by atoms with Crippen molar-refractivity contribution in [3.63, 3.8) is 0 Å². The minimum Gasteiger partial charge on any atom is -0.756 e. The highest BCUT2D eigenvalue weighted by Crippen LogP contribution is 2.38. The van der Waals surface area contributed by atoms with Crippen LogP contribution in [0.25, 0.3) is 0 Å². The van der Waals surface area contributed by atoms with Crippen LogP contribution >= 0.6 is 7.82 Å². The molecule has 12 heteroatoms. The zero-order valence-corrected chi connectivity index (χ0v) is 38.6. The van der Waals surface area contributed by atoms with Gasteiger partial charge in [-0.3, -0.25) is 18.9 Å².